The predicted octanol–water partition coefficient (Wildman–Crippen LogP) is 3.14. The van der Waals surface area contributed by atoms with E-state index in [1.165, 1.54) is 0 Å². The third-order valence-electron chi connectivity index (χ3n) is 3.36. The van der Waals surface area contributed by atoms with Gasteiger partial charge in [-0.05, 0) is 25.0 Å². The van der Waals surface area contributed by atoms with Gasteiger partial charge in [-0.3, -0.25) is 4.57 Å². The van der Waals surface area contributed by atoms with Crippen LogP contribution in [0.2, 0.25) is 0 Å². The van der Waals surface area contributed by atoms with Crippen molar-refractivity contribution in [3.8, 4) is 0 Å². The molecular weight excluding hydrogens is 224 g/mol. The Morgan fingerprint density at radius 1 is 1.22 bits per heavy atom. The third kappa shape index (κ3) is 1.27. The lowest BCUT2D eigenvalue weighted by Crippen LogP contribution is -2.19. The fraction of sp³-hybridized carbons (Fsp3) is 0.133. The number of amides is 1. The number of carbonyl (C=O) groups is 1. The highest BCUT2D eigenvalue weighted by Gasteiger charge is 2.16. The van der Waals surface area contributed by atoms with Gasteiger partial charge in [-0.1, -0.05) is 30.3 Å². The Kier molecular flexibility index (Phi) is 2.17. The van der Waals surface area contributed by atoms with Gasteiger partial charge in [0.25, 0.3) is 0 Å². The van der Waals surface area contributed by atoms with Crippen LogP contribution in [0.5, 0.6) is 0 Å². The van der Waals surface area contributed by atoms with Gasteiger partial charge in [0.2, 0.25) is 0 Å². The number of primary amides is 1. The minimum Gasteiger partial charge on any atom is -0.351 e. The van der Waals surface area contributed by atoms with E-state index in [0.29, 0.717) is 0 Å². The molecule has 2 aromatic carbocycles. The molecule has 0 saturated carbocycles. The van der Waals surface area contributed by atoms with Crippen LogP contribution in [0.1, 0.15) is 11.1 Å². The van der Waals surface area contributed by atoms with Gasteiger partial charge in [-0.2, -0.15) is 0 Å². The van der Waals surface area contributed by atoms with Gasteiger partial charge in [-0.25, -0.2) is 4.79 Å². The summed E-state index contributed by atoms with van der Waals surface area (Å²) in [6.45, 7) is 4.03. The van der Waals surface area contributed by atoms with E-state index in [2.05, 4.69) is 12.1 Å². The van der Waals surface area contributed by atoms with Crippen LogP contribution in [-0.4, -0.2) is 10.6 Å². The van der Waals surface area contributed by atoms with Gasteiger partial charge in [0, 0.05) is 16.8 Å². The zero-order valence-electron chi connectivity index (χ0n) is 10.3. The second kappa shape index (κ2) is 3.60. The van der Waals surface area contributed by atoms with Crippen LogP contribution in [0.15, 0.2) is 30.3 Å². The molecule has 0 aliphatic rings. The fourth-order valence-electron chi connectivity index (χ4n) is 2.57. The quantitative estimate of drug-likeness (QED) is 0.641. The van der Waals surface area contributed by atoms with Gasteiger partial charge >= 0.3 is 6.03 Å². The maximum atomic E-state index is 11.7. The van der Waals surface area contributed by atoms with E-state index in [-0.39, 0.29) is 0 Å². The first-order valence-corrected chi connectivity index (χ1v) is 5.82. The summed E-state index contributed by atoms with van der Waals surface area (Å²) in [7, 11) is 0. The van der Waals surface area contributed by atoms with E-state index in [9.17, 15) is 4.79 Å². The maximum Gasteiger partial charge on any atom is 0.323 e. The zero-order chi connectivity index (χ0) is 12.9. The smallest absolute Gasteiger partial charge is 0.323 e. The molecule has 0 aliphatic carbocycles. The monoisotopic (exact) mass is 237 g/mol. The molecule has 3 aromatic rings. The molecule has 0 spiro atoms. The number of para-hydroxylation sites is 1. The number of hydrogen-bond acceptors (Lipinski definition) is 1. The van der Waals surface area contributed by atoms with Crippen molar-refractivity contribution < 1.29 is 4.79 Å². The summed E-state index contributed by atoms with van der Waals surface area (Å²) in [6.07, 6.45) is 0. The molecule has 0 aliphatic heterocycles. The number of fused-ring (bicyclic) bond motifs is 3. The van der Waals surface area contributed by atoms with E-state index >= 15 is 0 Å². The highest BCUT2D eigenvalue weighted by molar-refractivity contribution is 6.14. The Bertz CT molecular complexity index is 784. The third-order valence-corrected chi connectivity index (χ3v) is 3.36. The standard InChI is InChI=1S/C15H13N2O/c1-9-7-8-10(2)14-13(9)11-5-3-4-6-12(11)17(14)15(16)18/h3-5,7-8H,1-2H3,(H2,16,18). The highest BCUT2D eigenvalue weighted by Crippen LogP contribution is 2.32. The summed E-state index contributed by atoms with van der Waals surface area (Å²) < 4.78 is 1.55. The van der Waals surface area contributed by atoms with Crippen molar-refractivity contribution >= 4 is 27.8 Å². The number of benzene rings is 2. The molecule has 3 nitrogen and oxygen atoms in total. The first-order chi connectivity index (χ1) is 8.61. The summed E-state index contributed by atoms with van der Waals surface area (Å²) in [5, 5.41) is 2.10. The first-order valence-electron chi connectivity index (χ1n) is 5.82. The summed E-state index contributed by atoms with van der Waals surface area (Å²) in [5.41, 5.74) is 9.33. The largest absolute Gasteiger partial charge is 0.351 e. The molecule has 18 heavy (non-hydrogen) atoms. The zero-order valence-corrected chi connectivity index (χ0v) is 10.3. The summed E-state index contributed by atoms with van der Waals surface area (Å²) in [4.78, 5) is 11.7. The van der Waals surface area contributed by atoms with Crippen LogP contribution in [-0.2, 0) is 0 Å². The Hall–Kier alpha value is -2.29. The van der Waals surface area contributed by atoms with E-state index in [1.807, 2.05) is 32.0 Å². The van der Waals surface area contributed by atoms with Gasteiger partial charge in [0.15, 0.2) is 0 Å². The minimum absolute atomic E-state index is 0.467. The molecular formula is C15H13N2O. The van der Waals surface area contributed by atoms with Crippen molar-refractivity contribution in [2.75, 3.05) is 0 Å². The molecule has 1 heterocycles. The lowest BCUT2D eigenvalue weighted by atomic mass is 10.0. The maximum absolute atomic E-state index is 11.7. The SMILES string of the molecule is Cc1ccc(C)c2c1c1ccc[c]c1n2C(N)=O. The van der Waals surface area contributed by atoms with Crippen LogP contribution >= 0.6 is 0 Å². The summed E-state index contributed by atoms with van der Waals surface area (Å²) in [5.74, 6) is 0. The molecule has 0 fully saturated rings. The minimum atomic E-state index is -0.467. The number of nitrogens with two attached hydrogens (primary N) is 1. The van der Waals surface area contributed by atoms with Gasteiger partial charge in [0.05, 0.1) is 11.0 Å². The van der Waals surface area contributed by atoms with Crippen LogP contribution < -0.4 is 5.73 Å². The number of aromatic nitrogens is 1. The number of nitrogens with zero attached hydrogens (tertiary/aromatic N) is 1. The van der Waals surface area contributed by atoms with Gasteiger partial charge in [-0.15, -0.1) is 0 Å². The average Bonchev–Trinajstić information content (AvgIpc) is 2.70. The predicted molar refractivity (Wildman–Crippen MR) is 72.7 cm³/mol. The van der Waals surface area contributed by atoms with Crippen molar-refractivity contribution in [2.24, 2.45) is 5.73 Å². The van der Waals surface area contributed by atoms with Crippen molar-refractivity contribution in [1.82, 2.24) is 4.57 Å². The molecule has 0 unspecified atom stereocenters. The Balaban J connectivity index is 2.71. The molecule has 2 N–H and O–H groups in total. The fourth-order valence-corrected chi connectivity index (χ4v) is 2.57. The molecule has 0 atom stereocenters. The summed E-state index contributed by atoms with van der Waals surface area (Å²) >= 11 is 0. The second-order valence-electron chi connectivity index (χ2n) is 4.53. The van der Waals surface area contributed by atoms with Crippen LogP contribution in [0.3, 0.4) is 0 Å². The van der Waals surface area contributed by atoms with E-state index in [1.54, 1.807) is 10.6 Å². The summed E-state index contributed by atoms with van der Waals surface area (Å²) in [6, 6.07) is 12.4. The normalized spacial score (nSPS) is 11.2. The molecule has 3 rings (SSSR count). The lowest BCUT2D eigenvalue weighted by molar-refractivity contribution is 0.252. The van der Waals surface area contributed by atoms with E-state index < -0.39 is 6.03 Å². The average molecular weight is 237 g/mol. The van der Waals surface area contributed by atoms with Crippen molar-refractivity contribution in [1.29, 1.82) is 0 Å². The van der Waals surface area contributed by atoms with Crippen molar-refractivity contribution in [2.45, 2.75) is 13.8 Å². The molecule has 1 radical (unpaired) electrons. The topological polar surface area (TPSA) is 48.0 Å². The molecule has 3 heteroatoms. The molecule has 0 saturated heterocycles. The number of hydrogen-bond donors (Lipinski definition) is 1. The molecule has 1 amide bonds. The molecule has 89 valence electrons. The number of rotatable bonds is 0. The second-order valence-corrected chi connectivity index (χ2v) is 4.53. The van der Waals surface area contributed by atoms with Crippen LogP contribution in [0, 0.1) is 19.9 Å². The van der Waals surface area contributed by atoms with E-state index in [0.717, 1.165) is 32.9 Å². The number of carbonyl (C=O) groups excluding carboxylic acids is 1. The Labute approximate surface area is 105 Å². The van der Waals surface area contributed by atoms with Gasteiger partial charge < -0.3 is 5.73 Å². The lowest BCUT2D eigenvalue weighted by Gasteiger charge is -2.04. The molecule has 0 bridgehead atoms. The van der Waals surface area contributed by atoms with Crippen molar-refractivity contribution in [3.63, 3.8) is 0 Å². The van der Waals surface area contributed by atoms with Crippen LogP contribution in [0.25, 0.3) is 21.8 Å². The van der Waals surface area contributed by atoms with Crippen molar-refractivity contribution in [3.05, 3.63) is 47.5 Å². The Morgan fingerprint density at radius 2 is 1.94 bits per heavy atom. The number of aryl methyl sites for hydroxylation is 2. The van der Waals surface area contributed by atoms with Gasteiger partial charge in [0.1, 0.15) is 0 Å². The Morgan fingerprint density at radius 3 is 2.67 bits per heavy atom. The molecule has 1 aromatic heterocycles. The first kappa shape index (κ1) is 10.8. The van der Waals surface area contributed by atoms with Crippen LogP contribution in [0.4, 0.5) is 4.79 Å². The van der Waals surface area contributed by atoms with E-state index in [4.69, 9.17) is 5.73 Å². The highest BCUT2D eigenvalue weighted by atomic mass is 16.2.